The number of methoxy groups -OCH3 is 1. The van der Waals surface area contributed by atoms with Gasteiger partial charge in [-0.05, 0) is 62.7 Å². The molecular weight excluding hydrogens is 266 g/mol. The van der Waals surface area contributed by atoms with E-state index < -0.39 is 0 Å². The smallest absolute Gasteiger partial charge is 0.247 e. The fourth-order valence-electron chi connectivity index (χ4n) is 2.74. The lowest BCUT2D eigenvalue weighted by Gasteiger charge is -2.30. The standard InChI is InChI=1S/C16H23N3O2/c1-4-16(20)18-14-10-13(17)15(21-3)9-12(14)11-5-7-19(2)8-6-11/h4,9-11H,1,5-8,17H2,2-3H3,(H,18,20). The molecule has 0 saturated carbocycles. The van der Waals surface area contributed by atoms with Crippen molar-refractivity contribution in [3.63, 3.8) is 0 Å². The van der Waals surface area contributed by atoms with Gasteiger partial charge in [-0.1, -0.05) is 6.58 Å². The molecule has 0 aromatic heterocycles. The highest BCUT2D eigenvalue weighted by molar-refractivity contribution is 6.00. The Hall–Kier alpha value is -2.01. The molecule has 0 unspecified atom stereocenters. The highest BCUT2D eigenvalue weighted by Crippen LogP contribution is 2.38. The second-order valence-electron chi connectivity index (χ2n) is 5.45. The predicted molar refractivity (Wildman–Crippen MR) is 85.7 cm³/mol. The van der Waals surface area contributed by atoms with Gasteiger partial charge >= 0.3 is 0 Å². The summed E-state index contributed by atoms with van der Waals surface area (Å²) >= 11 is 0. The van der Waals surface area contributed by atoms with Crippen molar-refractivity contribution in [1.29, 1.82) is 0 Å². The SMILES string of the molecule is C=CC(=O)Nc1cc(N)c(OC)cc1C1CCN(C)CC1. The number of hydrogen-bond donors (Lipinski definition) is 2. The molecule has 5 nitrogen and oxygen atoms in total. The number of carbonyl (C=O) groups excluding carboxylic acids is 1. The summed E-state index contributed by atoms with van der Waals surface area (Å²) in [6.07, 6.45) is 3.37. The number of nitrogens with one attached hydrogen (secondary N) is 1. The zero-order valence-corrected chi connectivity index (χ0v) is 12.7. The molecule has 21 heavy (non-hydrogen) atoms. The molecule has 1 heterocycles. The Morgan fingerprint density at radius 3 is 2.71 bits per heavy atom. The predicted octanol–water partition coefficient (Wildman–Crippen LogP) is 2.21. The van der Waals surface area contributed by atoms with Gasteiger partial charge in [-0.25, -0.2) is 0 Å². The van der Waals surface area contributed by atoms with E-state index in [-0.39, 0.29) is 5.91 Å². The highest BCUT2D eigenvalue weighted by Gasteiger charge is 2.22. The van der Waals surface area contributed by atoms with E-state index in [0.717, 1.165) is 37.2 Å². The van der Waals surface area contributed by atoms with E-state index in [4.69, 9.17) is 10.5 Å². The molecule has 0 bridgehead atoms. The number of hydrogen-bond acceptors (Lipinski definition) is 4. The lowest BCUT2D eigenvalue weighted by Crippen LogP contribution is -2.29. The number of likely N-dealkylation sites (tertiary alicyclic amines) is 1. The van der Waals surface area contributed by atoms with Crippen LogP contribution in [0.25, 0.3) is 0 Å². The molecule has 1 aromatic carbocycles. The first-order chi connectivity index (χ1) is 10.0. The number of benzene rings is 1. The van der Waals surface area contributed by atoms with Crippen molar-refractivity contribution in [3.8, 4) is 5.75 Å². The van der Waals surface area contributed by atoms with Crippen LogP contribution in [-0.2, 0) is 4.79 Å². The van der Waals surface area contributed by atoms with E-state index in [9.17, 15) is 4.79 Å². The topological polar surface area (TPSA) is 67.6 Å². The molecule has 3 N–H and O–H groups in total. The summed E-state index contributed by atoms with van der Waals surface area (Å²) in [5, 5.41) is 2.85. The number of nitrogens with two attached hydrogens (primary N) is 1. The van der Waals surface area contributed by atoms with Crippen LogP contribution >= 0.6 is 0 Å². The van der Waals surface area contributed by atoms with Gasteiger partial charge in [0, 0.05) is 5.69 Å². The Labute approximate surface area is 125 Å². The molecular formula is C16H23N3O2. The molecule has 114 valence electrons. The van der Waals surface area contributed by atoms with Crippen LogP contribution in [0.15, 0.2) is 24.8 Å². The maximum Gasteiger partial charge on any atom is 0.247 e. The zero-order valence-electron chi connectivity index (χ0n) is 12.7. The monoisotopic (exact) mass is 289 g/mol. The maximum atomic E-state index is 11.6. The summed E-state index contributed by atoms with van der Waals surface area (Å²) in [6, 6.07) is 3.72. The fraction of sp³-hybridized carbons (Fsp3) is 0.438. The van der Waals surface area contributed by atoms with E-state index in [1.807, 2.05) is 6.07 Å². The number of rotatable bonds is 4. The third-order valence-corrected chi connectivity index (χ3v) is 4.00. The molecule has 1 aliphatic rings. The first kappa shape index (κ1) is 15.4. The number of amides is 1. The largest absolute Gasteiger partial charge is 0.495 e. The van der Waals surface area contributed by atoms with Gasteiger partial charge in [0.05, 0.1) is 12.8 Å². The average Bonchev–Trinajstić information content (AvgIpc) is 2.48. The molecule has 0 radical (unpaired) electrons. The normalized spacial score (nSPS) is 16.5. The van der Waals surface area contributed by atoms with Crippen LogP contribution in [0, 0.1) is 0 Å². The molecule has 1 aliphatic heterocycles. The van der Waals surface area contributed by atoms with E-state index in [1.165, 1.54) is 6.08 Å². The second-order valence-corrected chi connectivity index (χ2v) is 5.45. The van der Waals surface area contributed by atoms with E-state index in [2.05, 4.69) is 23.8 Å². The first-order valence-electron chi connectivity index (χ1n) is 7.14. The lowest BCUT2D eigenvalue weighted by atomic mass is 9.88. The highest BCUT2D eigenvalue weighted by atomic mass is 16.5. The van der Waals surface area contributed by atoms with Gasteiger partial charge in [0.15, 0.2) is 0 Å². The average molecular weight is 289 g/mol. The molecule has 0 atom stereocenters. The van der Waals surface area contributed by atoms with Crippen molar-refractivity contribution in [1.82, 2.24) is 4.90 Å². The minimum atomic E-state index is -0.228. The van der Waals surface area contributed by atoms with Crippen LogP contribution in [-0.4, -0.2) is 38.1 Å². The van der Waals surface area contributed by atoms with Crippen LogP contribution in [0.5, 0.6) is 5.75 Å². The number of anilines is 2. The van der Waals surface area contributed by atoms with Crippen molar-refractivity contribution < 1.29 is 9.53 Å². The molecule has 5 heteroatoms. The van der Waals surface area contributed by atoms with Gasteiger partial charge < -0.3 is 20.7 Å². The molecule has 1 amide bonds. The van der Waals surface area contributed by atoms with Crippen molar-refractivity contribution in [3.05, 3.63) is 30.4 Å². The minimum absolute atomic E-state index is 0.228. The van der Waals surface area contributed by atoms with Gasteiger partial charge in [0.2, 0.25) is 5.91 Å². The zero-order chi connectivity index (χ0) is 15.4. The van der Waals surface area contributed by atoms with E-state index in [1.54, 1.807) is 13.2 Å². The summed E-state index contributed by atoms with van der Waals surface area (Å²) in [4.78, 5) is 13.9. The van der Waals surface area contributed by atoms with Gasteiger partial charge in [0.25, 0.3) is 0 Å². The fourth-order valence-corrected chi connectivity index (χ4v) is 2.74. The minimum Gasteiger partial charge on any atom is -0.495 e. The van der Waals surface area contributed by atoms with Gasteiger partial charge in [-0.15, -0.1) is 0 Å². The number of ether oxygens (including phenoxy) is 1. The van der Waals surface area contributed by atoms with Crippen molar-refractivity contribution in [2.24, 2.45) is 0 Å². The molecule has 2 rings (SSSR count). The molecule has 1 aromatic rings. The van der Waals surface area contributed by atoms with Crippen LogP contribution in [0.3, 0.4) is 0 Å². The Kier molecular flexibility index (Phi) is 4.85. The summed E-state index contributed by atoms with van der Waals surface area (Å²) in [5.41, 5.74) is 8.33. The molecule has 0 aliphatic carbocycles. The van der Waals surface area contributed by atoms with E-state index >= 15 is 0 Å². The number of carbonyl (C=O) groups is 1. The van der Waals surface area contributed by atoms with E-state index in [0.29, 0.717) is 17.4 Å². The number of nitrogen functional groups attached to an aromatic ring is 1. The number of piperidine rings is 1. The molecule has 0 spiro atoms. The van der Waals surface area contributed by atoms with Crippen LogP contribution < -0.4 is 15.8 Å². The molecule has 1 fully saturated rings. The van der Waals surface area contributed by atoms with Crippen LogP contribution in [0.1, 0.15) is 24.3 Å². The Morgan fingerprint density at radius 2 is 2.14 bits per heavy atom. The first-order valence-corrected chi connectivity index (χ1v) is 7.14. The van der Waals surface area contributed by atoms with Crippen molar-refractivity contribution in [2.75, 3.05) is 38.3 Å². The quantitative estimate of drug-likeness (QED) is 0.659. The third-order valence-electron chi connectivity index (χ3n) is 4.00. The van der Waals surface area contributed by atoms with Gasteiger partial charge in [-0.2, -0.15) is 0 Å². The van der Waals surface area contributed by atoms with Gasteiger partial charge in [0.1, 0.15) is 5.75 Å². The summed E-state index contributed by atoms with van der Waals surface area (Å²) in [5.74, 6) is 0.824. The summed E-state index contributed by atoms with van der Waals surface area (Å²) in [6.45, 7) is 5.59. The maximum absolute atomic E-state index is 11.6. The lowest BCUT2D eigenvalue weighted by molar-refractivity contribution is -0.111. The number of nitrogens with zero attached hydrogens (tertiary/aromatic N) is 1. The second kappa shape index (κ2) is 6.63. The molecule has 1 saturated heterocycles. The van der Waals surface area contributed by atoms with Crippen LogP contribution in [0.2, 0.25) is 0 Å². The van der Waals surface area contributed by atoms with Crippen LogP contribution in [0.4, 0.5) is 11.4 Å². The summed E-state index contributed by atoms with van der Waals surface area (Å²) in [7, 11) is 3.73. The summed E-state index contributed by atoms with van der Waals surface area (Å²) < 4.78 is 5.32. The van der Waals surface area contributed by atoms with Crippen molar-refractivity contribution in [2.45, 2.75) is 18.8 Å². The van der Waals surface area contributed by atoms with Gasteiger partial charge in [-0.3, -0.25) is 4.79 Å². The Balaban J connectivity index is 2.35. The van der Waals surface area contributed by atoms with Crippen molar-refractivity contribution >= 4 is 17.3 Å². The third kappa shape index (κ3) is 3.55. The Morgan fingerprint density at radius 1 is 1.48 bits per heavy atom. The Bertz CT molecular complexity index is 535.